The molecule has 2 aromatic carbocycles. The molecule has 4 rings (SSSR count). The number of benzene rings is 2. The highest BCUT2D eigenvalue weighted by atomic mass is 19.1. The number of piperidine rings is 1. The summed E-state index contributed by atoms with van der Waals surface area (Å²) >= 11 is 0. The molecule has 166 valence electrons. The van der Waals surface area contributed by atoms with Crippen LogP contribution in [0.15, 0.2) is 54.9 Å². The molecule has 0 radical (unpaired) electrons. The van der Waals surface area contributed by atoms with Crippen molar-refractivity contribution >= 4 is 11.9 Å². The van der Waals surface area contributed by atoms with E-state index in [0.717, 1.165) is 17.7 Å². The fourth-order valence-electron chi connectivity index (χ4n) is 3.97. The number of carbonyl (C=O) groups excluding carboxylic acids is 2. The largest absolute Gasteiger partial charge is 0.466 e. The number of halogens is 2. The highest BCUT2D eigenvalue weighted by Crippen LogP contribution is 2.27. The van der Waals surface area contributed by atoms with Gasteiger partial charge in [0.25, 0.3) is 5.91 Å². The lowest BCUT2D eigenvalue weighted by Gasteiger charge is -2.31. The van der Waals surface area contributed by atoms with Gasteiger partial charge < -0.3 is 9.64 Å². The summed E-state index contributed by atoms with van der Waals surface area (Å²) in [5.74, 6) is -2.60. The number of hydrogen-bond acceptors (Lipinski definition) is 4. The zero-order valence-electron chi connectivity index (χ0n) is 17.6. The number of ether oxygens (including phenoxy) is 1. The molecule has 1 amide bonds. The molecular formula is C24H23F2N3O3. The van der Waals surface area contributed by atoms with Gasteiger partial charge in [-0.2, -0.15) is 0 Å². The average Bonchev–Trinajstić information content (AvgIpc) is 3.30. The monoisotopic (exact) mass is 439 g/mol. The Labute approximate surface area is 184 Å². The van der Waals surface area contributed by atoms with Crippen LogP contribution in [-0.2, 0) is 9.53 Å². The Morgan fingerprint density at radius 2 is 1.94 bits per heavy atom. The number of hydrogen-bond donors (Lipinski definition) is 0. The first-order valence-electron chi connectivity index (χ1n) is 10.5. The van der Waals surface area contributed by atoms with Crippen LogP contribution in [0.5, 0.6) is 0 Å². The number of aromatic nitrogens is 2. The van der Waals surface area contributed by atoms with Gasteiger partial charge in [0.05, 0.1) is 23.8 Å². The van der Waals surface area contributed by atoms with Crippen LogP contribution in [0.2, 0.25) is 0 Å². The lowest BCUT2D eigenvalue weighted by atomic mass is 9.97. The molecule has 1 unspecified atom stereocenters. The van der Waals surface area contributed by atoms with Gasteiger partial charge in [-0.1, -0.05) is 30.3 Å². The third kappa shape index (κ3) is 4.26. The number of rotatable bonds is 5. The molecule has 1 atom stereocenters. The van der Waals surface area contributed by atoms with E-state index in [4.69, 9.17) is 4.74 Å². The first kappa shape index (κ1) is 21.7. The van der Waals surface area contributed by atoms with Gasteiger partial charge in [0, 0.05) is 37.1 Å². The molecule has 0 saturated carbocycles. The average molecular weight is 439 g/mol. The van der Waals surface area contributed by atoms with Crippen LogP contribution in [-0.4, -0.2) is 46.0 Å². The van der Waals surface area contributed by atoms with Crippen LogP contribution in [0.1, 0.15) is 30.1 Å². The Hall–Kier alpha value is -3.55. The third-order valence-corrected chi connectivity index (χ3v) is 5.53. The van der Waals surface area contributed by atoms with E-state index in [-0.39, 0.29) is 30.4 Å². The highest BCUT2D eigenvalue weighted by Gasteiger charge is 2.31. The van der Waals surface area contributed by atoms with Crippen LogP contribution in [0.4, 0.5) is 8.78 Å². The maximum atomic E-state index is 15.1. The number of carbonyl (C=O) groups is 2. The van der Waals surface area contributed by atoms with Crippen molar-refractivity contribution < 1.29 is 23.1 Å². The normalized spacial score (nSPS) is 16.1. The SMILES string of the molecule is CCOC(=O)C1CCCN(C(=O)c2cc(F)c(-n3ccnc3-c3ccccc3)cc2F)C1. The second kappa shape index (κ2) is 9.30. The minimum Gasteiger partial charge on any atom is -0.466 e. The van der Waals surface area contributed by atoms with Crippen molar-refractivity contribution in [2.24, 2.45) is 5.92 Å². The smallest absolute Gasteiger partial charge is 0.310 e. The summed E-state index contributed by atoms with van der Waals surface area (Å²) in [4.78, 5) is 30.6. The Morgan fingerprint density at radius 3 is 2.69 bits per heavy atom. The molecule has 2 heterocycles. The molecule has 0 aliphatic carbocycles. The van der Waals surface area contributed by atoms with Gasteiger partial charge >= 0.3 is 5.97 Å². The number of esters is 1. The van der Waals surface area contributed by atoms with Crippen molar-refractivity contribution in [1.29, 1.82) is 0 Å². The standard InChI is InChI=1S/C24H23F2N3O3/c1-2-32-24(31)17-9-6-11-28(15-17)23(30)18-13-20(26)21(14-19(18)25)29-12-10-27-22(29)16-7-4-3-5-8-16/h3-5,7-8,10,12-14,17H,2,6,9,11,15H2,1H3. The zero-order chi connectivity index (χ0) is 22.7. The summed E-state index contributed by atoms with van der Waals surface area (Å²) in [6.07, 6.45) is 4.23. The van der Waals surface area contributed by atoms with E-state index >= 15 is 4.39 Å². The van der Waals surface area contributed by atoms with E-state index in [9.17, 15) is 14.0 Å². The van der Waals surface area contributed by atoms with Crippen LogP contribution in [0.25, 0.3) is 17.1 Å². The van der Waals surface area contributed by atoms with Gasteiger partial charge in [-0.15, -0.1) is 0 Å². The number of nitrogens with zero attached hydrogens (tertiary/aromatic N) is 3. The van der Waals surface area contributed by atoms with E-state index in [1.165, 1.54) is 21.9 Å². The van der Waals surface area contributed by atoms with Gasteiger partial charge in [0.2, 0.25) is 0 Å². The van der Waals surface area contributed by atoms with Gasteiger partial charge in [0.1, 0.15) is 17.5 Å². The summed E-state index contributed by atoms with van der Waals surface area (Å²) in [5, 5.41) is 0. The maximum Gasteiger partial charge on any atom is 0.310 e. The molecular weight excluding hydrogens is 416 g/mol. The summed E-state index contributed by atoms with van der Waals surface area (Å²) in [7, 11) is 0. The first-order valence-corrected chi connectivity index (χ1v) is 10.5. The van der Waals surface area contributed by atoms with Gasteiger partial charge in [-0.25, -0.2) is 13.8 Å². The molecule has 0 spiro atoms. The maximum absolute atomic E-state index is 15.1. The molecule has 1 aliphatic heterocycles. The number of likely N-dealkylation sites (tertiary alicyclic amines) is 1. The van der Waals surface area contributed by atoms with E-state index in [1.807, 2.05) is 30.3 Å². The first-order chi connectivity index (χ1) is 15.5. The Balaban J connectivity index is 1.61. The second-order valence-electron chi connectivity index (χ2n) is 7.61. The Morgan fingerprint density at radius 1 is 1.16 bits per heavy atom. The second-order valence-corrected chi connectivity index (χ2v) is 7.61. The van der Waals surface area contributed by atoms with Crippen molar-refractivity contribution in [2.45, 2.75) is 19.8 Å². The van der Waals surface area contributed by atoms with Crippen LogP contribution >= 0.6 is 0 Å². The van der Waals surface area contributed by atoms with Crippen LogP contribution < -0.4 is 0 Å². The summed E-state index contributed by atoms with van der Waals surface area (Å²) in [6, 6.07) is 11.1. The van der Waals surface area contributed by atoms with E-state index in [1.54, 1.807) is 6.92 Å². The molecule has 8 heteroatoms. The topological polar surface area (TPSA) is 64.4 Å². The molecule has 3 aromatic rings. The fourth-order valence-corrected chi connectivity index (χ4v) is 3.97. The molecule has 1 aliphatic rings. The lowest BCUT2D eigenvalue weighted by molar-refractivity contribution is -0.149. The minimum atomic E-state index is -0.836. The summed E-state index contributed by atoms with van der Waals surface area (Å²) in [5.41, 5.74) is 0.339. The molecule has 0 N–H and O–H groups in total. The molecule has 1 saturated heterocycles. The molecule has 1 aromatic heterocycles. The summed E-state index contributed by atoms with van der Waals surface area (Å²) in [6.45, 7) is 2.47. The number of imidazole rings is 1. The fraction of sp³-hybridized carbons (Fsp3) is 0.292. The highest BCUT2D eigenvalue weighted by molar-refractivity contribution is 5.95. The van der Waals surface area contributed by atoms with Crippen molar-refractivity contribution in [1.82, 2.24) is 14.5 Å². The van der Waals surface area contributed by atoms with E-state index in [2.05, 4.69) is 4.98 Å². The third-order valence-electron chi connectivity index (χ3n) is 5.53. The van der Waals surface area contributed by atoms with Gasteiger partial charge in [-0.3, -0.25) is 14.2 Å². The van der Waals surface area contributed by atoms with Gasteiger partial charge in [-0.05, 0) is 25.8 Å². The Bertz CT molecular complexity index is 1130. The lowest BCUT2D eigenvalue weighted by Crippen LogP contribution is -2.43. The predicted molar refractivity (Wildman–Crippen MR) is 114 cm³/mol. The van der Waals surface area contributed by atoms with Gasteiger partial charge in [0.15, 0.2) is 0 Å². The summed E-state index contributed by atoms with van der Waals surface area (Å²) < 4.78 is 36.5. The van der Waals surface area contributed by atoms with Crippen LogP contribution in [0.3, 0.4) is 0 Å². The van der Waals surface area contributed by atoms with E-state index < -0.39 is 23.5 Å². The van der Waals surface area contributed by atoms with Crippen LogP contribution in [0, 0.1) is 17.6 Å². The van der Waals surface area contributed by atoms with E-state index in [0.29, 0.717) is 25.2 Å². The Kier molecular flexibility index (Phi) is 6.30. The number of amides is 1. The van der Waals surface area contributed by atoms with Crippen molar-refractivity contribution in [3.8, 4) is 17.1 Å². The molecule has 0 bridgehead atoms. The quantitative estimate of drug-likeness (QED) is 0.558. The predicted octanol–water partition coefficient (Wildman–Crippen LogP) is 4.23. The van der Waals surface area contributed by atoms with Crippen molar-refractivity contribution in [2.75, 3.05) is 19.7 Å². The zero-order valence-corrected chi connectivity index (χ0v) is 17.6. The molecule has 32 heavy (non-hydrogen) atoms. The van der Waals surface area contributed by atoms with Crippen molar-refractivity contribution in [3.63, 3.8) is 0 Å². The molecule has 6 nitrogen and oxygen atoms in total. The van der Waals surface area contributed by atoms with Crippen molar-refractivity contribution in [3.05, 3.63) is 72.1 Å². The molecule has 1 fully saturated rings. The minimum absolute atomic E-state index is 0.0431.